The molecule has 1 aromatic heterocycles. The lowest BCUT2D eigenvalue weighted by molar-refractivity contribution is -0.129. The van der Waals surface area contributed by atoms with E-state index in [9.17, 15) is 9.59 Å². The first-order chi connectivity index (χ1) is 13.0. The van der Waals surface area contributed by atoms with Crippen LogP contribution in [-0.2, 0) is 11.3 Å². The molecule has 3 rings (SSSR count). The van der Waals surface area contributed by atoms with E-state index in [-0.39, 0.29) is 24.0 Å². The Morgan fingerprint density at radius 2 is 1.89 bits per heavy atom. The highest BCUT2D eigenvalue weighted by atomic mass is 16.3. The monoisotopic (exact) mass is 376 g/mol. The summed E-state index contributed by atoms with van der Waals surface area (Å²) in [5.74, 6) is 1.25. The Morgan fingerprint density at radius 1 is 1.19 bits per heavy atom. The van der Waals surface area contributed by atoms with Gasteiger partial charge >= 0.3 is 6.03 Å². The van der Waals surface area contributed by atoms with Gasteiger partial charge in [-0.2, -0.15) is 0 Å². The van der Waals surface area contributed by atoms with Crippen molar-refractivity contribution in [1.82, 2.24) is 20.4 Å². The summed E-state index contributed by atoms with van der Waals surface area (Å²) >= 11 is 0. The van der Waals surface area contributed by atoms with Gasteiger partial charge in [0.1, 0.15) is 5.76 Å². The average molecular weight is 377 g/mol. The molecule has 2 heterocycles. The van der Waals surface area contributed by atoms with Crippen molar-refractivity contribution in [2.75, 3.05) is 26.2 Å². The highest BCUT2D eigenvalue weighted by molar-refractivity contribution is 5.82. The van der Waals surface area contributed by atoms with Crippen LogP contribution in [0.4, 0.5) is 4.79 Å². The van der Waals surface area contributed by atoms with Gasteiger partial charge in [0.2, 0.25) is 5.91 Å². The Hall–Kier alpha value is -2.02. The van der Waals surface area contributed by atoms with Crippen molar-refractivity contribution in [3.63, 3.8) is 0 Å². The third kappa shape index (κ3) is 5.25. The van der Waals surface area contributed by atoms with Gasteiger partial charge in [0.25, 0.3) is 0 Å². The van der Waals surface area contributed by atoms with Crippen molar-refractivity contribution in [1.29, 1.82) is 0 Å². The quantitative estimate of drug-likeness (QED) is 0.798. The number of carbonyl (C=O) groups excluding carboxylic acids is 2. The van der Waals surface area contributed by atoms with Gasteiger partial charge < -0.3 is 20.0 Å². The van der Waals surface area contributed by atoms with E-state index in [4.69, 9.17) is 4.42 Å². The summed E-state index contributed by atoms with van der Waals surface area (Å²) < 4.78 is 5.33. The largest absolute Gasteiger partial charge is 0.467 e. The summed E-state index contributed by atoms with van der Waals surface area (Å²) in [6, 6.07) is 3.71. The molecule has 0 aromatic carbocycles. The number of furan rings is 1. The summed E-state index contributed by atoms with van der Waals surface area (Å²) in [5, 5.41) is 6.00. The minimum Gasteiger partial charge on any atom is -0.467 e. The molecule has 0 radical (unpaired) electrons. The van der Waals surface area contributed by atoms with Crippen LogP contribution in [0.15, 0.2) is 22.8 Å². The van der Waals surface area contributed by atoms with E-state index in [0.717, 1.165) is 31.7 Å². The second-order valence-corrected chi connectivity index (χ2v) is 7.91. The second-order valence-electron chi connectivity index (χ2n) is 7.91. The first-order valence-corrected chi connectivity index (χ1v) is 10.1. The maximum Gasteiger partial charge on any atom is 0.317 e. The van der Waals surface area contributed by atoms with E-state index in [0.29, 0.717) is 25.6 Å². The molecule has 3 amide bonds. The number of amides is 3. The highest BCUT2D eigenvalue weighted by Crippen LogP contribution is 2.31. The number of nitrogens with one attached hydrogen (secondary N) is 2. The standard InChI is InChI=1S/C20H32N4O3/c1-15(2)22-20(26)24-11-9-23(10-12-24)18(16-6-3-4-7-16)19(25)21-14-17-8-5-13-27-17/h5,8,13,15-16,18H,3-4,6-7,9-12,14H2,1-2H3,(H,21,25)(H,22,26)/t18-/m1/s1. The minimum atomic E-state index is -0.113. The molecule has 2 fully saturated rings. The zero-order chi connectivity index (χ0) is 19.2. The molecule has 0 bridgehead atoms. The zero-order valence-corrected chi connectivity index (χ0v) is 16.4. The van der Waals surface area contributed by atoms with Gasteiger partial charge in [-0.05, 0) is 44.7 Å². The van der Waals surface area contributed by atoms with Crippen molar-refractivity contribution in [3.05, 3.63) is 24.2 Å². The minimum absolute atomic E-state index is 0.00987. The van der Waals surface area contributed by atoms with Crippen molar-refractivity contribution < 1.29 is 14.0 Å². The van der Waals surface area contributed by atoms with Crippen molar-refractivity contribution in [2.24, 2.45) is 5.92 Å². The third-order valence-corrected chi connectivity index (χ3v) is 5.54. The number of carbonyl (C=O) groups is 2. The molecule has 150 valence electrons. The third-order valence-electron chi connectivity index (χ3n) is 5.54. The Morgan fingerprint density at radius 3 is 2.48 bits per heavy atom. The molecule has 2 aliphatic rings. The molecule has 1 saturated carbocycles. The van der Waals surface area contributed by atoms with E-state index in [1.165, 1.54) is 12.8 Å². The maximum atomic E-state index is 13.0. The first kappa shape index (κ1) is 19.7. The summed E-state index contributed by atoms with van der Waals surface area (Å²) in [5.41, 5.74) is 0. The normalized spacial score (nSPS) is 20.0. The summed E-state index contributed by atoms with van der Waals surface area (Å²) in [7, 11) is 0. The van der Waals surface area contributed by atoms with Crippen LogP contribution in [0, 0.1) is 5.92 Å². The number of nitrogens with zero attached hydrogens (tertiary/aromatic N) is 2. The number of hydrogen-bond acceptors (Lipinski definition) is 4. The van der Waals surface area contributed by atoms with Gasteiger partial charge in [-0.25, -0.2) is 4.79 Å². The lowest BCUT2D eigenvalue weighted by Gasteiger charge is -2.40. The number of urea groups is 1. The number of piperazine rings is 1. The van der Waals surface area contributed by atoms with E-state index in [1.807, 2.05) is 30.9 Å². The molecular weight excluding hydrogens is 344 g/mol. The molecule has 1 aliphatic carbocycles. The lowest BCUT2D eigenvalue weighted by atomic mass is 9.95. The fourth-order valence-corrected chi connectivity index (χ4v) is 4.18. The van der Waals surface area contributed by atoms with Crippen molar-refractivity contribution >= 4 is 11.9 Å². The molecular formula is C20H32N4O3. The fraction of sp³-hybridized carbons (Fsp3) is 0.700. The molecule has 7 nitrogen and oxygen atoms in total. The molecule has 1 saturated heterocycles. The van der Waals surface area contributed by atoms with Crippen LogP contribution in [0.25, 0.3) is 0 Å². The molecule has 1 aromatic rings. The van der Waals surface area contributed by atoms with Crippen LogP contribution in [0.1, 0.15) is 45.3 Å². The van der Waals surface area contributed by atoms with Crippen molar-refractivity contribution in [2.45, 2.75) is 58.2 Å². The number of hydrogen-bond donors (Lipinski definition) is 2. The van der Waals surface area contributed by atoms with Crippen LogP contribution >= 0.6 is 0 Å². The van der Waals surface area contributed by atoms with Gasteiger partial charge in [-0.1, -0.05) is 12.8 Å². The van der Waals surface area contributed by atoms with Gasteiger partial charge in [0.05, 0.1) is 18.8 Å². The summed E-state index contributed by atoms with van der Waals surface area (Å²) in [6.45, 7) is 7.15. The Bertz CT molecular complexity index is 603. The van der Waals surface area contributed by atoms with Gasteiger partial charge in [0, 0.05) is 32.2 Å². The van der Waals surface area contributed by atoms with E-state index in [1.54, 1.807) is 6.26 Å². The van der Waals surface area contributed by atoms with E-state index in [2.05, 4.69) is 15.5 Å². The molecule has 0 spiro atoms. The average Bonchev–Trinajstić information content (AvgIpc) is 3.34. The summed E-state index contributed by atoms with van der Waals surface area (Å²) in [6.07, 6.45) is 6.23. The summed E-state index contributed by atoms with van der Waals surface area (Å²) in [4.78, 5) is 29.3. The Balaban J connectivity index is 1.58. The predicted octanol–water partition coefficient (Wildman–Crippen LogP) is 2.19. The van der Waals surface area contributed by atoms with Crippen LogP contribution < -0.4 is 10.6 Å². The Kier molecular flexibility index (Phi) is 6.77. The van der Waals surface area contributed by atoms with Gasteiger partial charge in [0.15, 0.2) is 0 Å². The molecule has 2 N–H and O–H groups in total. The number of rotatable bonds is 6. The SMILES string of the molecule is CC(C)NC(=O)N1CCN([C@@H](C(=O)NCc2ccco2)C2CCCC2)CC1. The molecule has 1 atom stereocenters. The maximum absolute atomic E-state index is 13.0. The predicted molar refractivity (Wildman–Crippen MR) is 103 cm³/mol. The Labute approximate surface area is 161 Å². The van der Waals surface area contributed by atoms with Gasteiger partial charge in [-0.3, -0.25) is 9.69 Å². The second kappa shape index (κ2) is 9.26. The first-order valence-electron chi connectivity index (χ1n) is 10.1. The van der Waals surface area contributed by atoms with Crippen LogP contribution in [0.5, 0.6) is 0 Å². The lowest BCUT2D eigenvalue weighted by Crippen LogP contribution is -2.59. The van der Waals surface area contributed by atoms with Crippen LogP contribution in [0.2, 0.25) is 0 Å². The smallest absolute Gasteiger partial charge is 0.317 e. The highest BCUT2D eigenvalue weighted by Gasteiger charge is 2.37. The molecule has 1 aliphatic heterocycles. The fourth-order valence-electron chi connectivity index (χ4n) is 4.18. The van der Waals surface area contributed by atoms with E-state index < -0.39 is 0 Å². The van der Waals surface area contributed by atoms with Gasteiger partial charge in [-0.15, -0.1) is 0 Å². The van der Waals surface area contributed by atoms with E-state index >= 15 is 0 Å². The zero-order valence-electron chi connectivity index (χ0n) is 16.4. The molecule has 27 heavy (non-hydrogen) atoms. The topological polar surface area (TPSA) is 77.8 Å². The molecule has 0 unspecified atom stereocenters. The van der Waals surface area contributed by atoms with Crippen molar-refractivity contribution in [3.8, 4) is 0 Å². The van der Waals surface area contributed by atoms with Crippen LogP contribution in [-0.4, -0.2) is 60.0 Å². The molecule has 7 heteroatoms. The van der Waals surface area contributed by atoms with Crippen LogP contribution in [0.3, 0.4) is 0 Å².